The predicted molar refractivity (Wildman–Crippen MR) is 66.9 cm³/mol. The van der Waals surface area contributed by atoms with Gasteiger partial charge in [0.05, 0.1) is 14.2 Å². The average molecular weight is 244 g/mol. The van der Waals surface area contributed by atoms with Crippen LogP contribution in [0.15, 0.2) is 18.2 Å². The minimum atomic E-state index is 0.284. The van der Waals surface area contributed by atoms with E-state index in [9.17, 15) is 0 Å². The second kappa shape index (κ2) is 6.61. The normalized spacial score (nSPS) is 12.2. The Balaban J connectivity index is 2.96. The Morgan fingerprint density at radius 1 is 1.25 bits per heavy atom. The first kappa shape index (κ1) is 13.1. The second-order valence-electron chi connectivity index (χ2n) is 3.52. The molecule has 0 aliphatic carbocycles. The van der Waals surface area contributed by atoms with Gasteiger partial charge in [0.2, 0.25) is 0 Å². The quantitative estimate of drug-likeness (QED) is 0.778. The van der Waals surface area contributed by atoms with Crippen LogP contribution in [0, 0.1) is 0 Å². The average Bonchev–Trinajstić information content (AvgIpc) is 2.35. The molecule has 0 saturated carbocycles. The summed E-state index contributed by atoms with van der Waals surface area (Å²) in [4.78, 5) is 0. The van der Waals surface area contributed by atoms with Crippen LogP contribution in [0.5, 0.6) is 11.5 Å². The van der Waals surface area contributed by atoms with Crippen molar-refractivity contribution in [2.75, 3.05) is 33.7 Å². The Kier molecular flexibility index (Phi) is 5.43. The van der Waals surface area contributed by atoms with E-state index in [4.69, 9.17) is 21.1 Å². The Bertz CT molecular complexity index is 331. The lowest BCUT2D eigenvalue weighted by molar-refractivity contribution is 0.354. The Hall–Kier alpha value is -0.930. The van der Waals surface area contributed by atoms with E-state index in [1.165, 1.54) is 0 Å². The molecule has 1 rings (SSSR count). The summed E-state index contributed by atoms with van der Waals surface area (Å²) in [5.74, 6) is 2.35. The smallest absolute Gasteiger partial charge is 0.160 e. The van der Waals surface area contributed by atoms with Gasteiger partial charge in [-0.3, -0.25) is 0 Å². The molecule has 0 bridgehead atoms. The maximum absolute atomic E-state index is 5.94. The molecule has 90 valence electrons. The molecule has 3 nitrogen and oxygen atoms in total. The molecule has 0 saturated heterocycles. The molecular weight excluding hydrogens is 226 g/mol. The van der Waals surface area contributed by atoms with Crippen molar-refractivity contribution in [1.82, 2.24) is 5.32 Å². The summed E-state index contributed by atoms with van der Waals surface area (Å²) in [6, 6.07) is 5.90. The minimum absolute atomic E-state index is 0.284. The molecule has 4 heteroatoms. The van der Waals surface area contributed by atoms with E-state index < -0.39 is 0 Å². The maximum atomic E-state index is 5.94. The first-order chi connectivity index (χ1) is 7.76. The summed E-state index contributed by atoms with van der Waals surface area (Å²) in [6.07, 6.45) is 0. The number of rotatable bonds is 6. The molecule has 0 fully saturated rings. The van der Waals surface area contributed by atoms with Gasteiger partial charge in [-0.2, -0.15) is 0 Å². The van der Waals surface area contributed by atoms with Gasteiger partial charge in [-0.1, -0.05) is 6.07 Å². The fourth-order valence-corrected chi connectivity index (χ4v) is 1.90. The van der Waals surface area contributed by atoms with Crippen LogP contribution in [0.25, 0.3) is 0 Å². The molecule has 1 atom stereocenters. The Labute approximate surface area is 102 Å². The maximum Gasteiger partial charge on any atom is 0.160 e. The number of hydrogen-bond donors (Lipinski definition) is 1. The summed E-state index contributed by atoms with van der Waals surface area (Å²) in [5.41, 5.74) is 1.15. The standard InChI is InChI=1S/C12H18ClNO2/c1-14-8-10(7-13)9-4-5-11(15-2)12(6-9)16-3/h4-6,10,14H,7-8H2,1-3H3. The van der Waals surface area contributed by atoms with Crippen molar-refractivity contribution >= 4 is 11.6 Å². The van der Waals surface area contributed by atoms with E-state index in [0.717, 1.165) is 23.6 Å². The summed E-state index contributed by atoms with van der Waals surface area (Å²) >= 11 is 5.94. The lowest BCUT2D eigenvalue weighted by Crippen LogP contribution is -2.18. The number of halogens is 1. The summed E-state index contributed by atoms with van der Waals surface area (Å²) in [6.45, 7) is 0.846. The lowest BCUT2D eigenvalue weighted by Gasteiger charge is -2.16. The SMILES string of the molecule is CNCC(CCl)c1ccc(OC)c(OC)c1. The summed E-state index contributed by atoms with van der Waals surface area (Å²) in [5, 5.41) is 3.13. The van der Waals surface area contributed by atoms with Crippen LogP contribution in [-0.2, 0) is 0 Å². The highest BCUT2D eigenvalue weighted by Crippen LogP contribution is 2.30. The zero-order valence-electron chi connectivity index (χ0n) is 9.92. The fraction of sp³-hybridized carbons (Fsp3) is 0.500. The number of ether oxygens (including phenoxy) is 2. The van der Waals surface area contributed by atoms with E-state index in [1.54, 1.807) is 14.2 Å². The van der Waals surface area contributed by atoms with Crippen LogP contribution in [0.3, 0.4) is 0 Å². The highest BCUT2D eigenvalue weighted by atomic mass is 35.5. The van der Waals surface area contributed by atoms with Crippen molar-refractivity contribution in [1.29, 1.82) is 0 Å². The van der Waals surface area contributed by atoms with Crippen molar-refractivity contribution in [3.05, 3.63) is 23.8 Å². The van der Waals surface area contributed by atoms with Gasteiger partial charge < -0.3 is 14.8 Å². The van der Waals surface area contributed by atoms with E-state index >= 15 is 0 Å². The number of methoxy groups -OCH3 is 2. The zero-order chi connectivity index (χ0) is 12.0. The molecule has 0 aliphatic heterocycles. The monoisotopic (exact) mass is 243 g/mol. The fourth-order valence-electron chi connectivity index (χ4n) is 1.61. The van der Waals surface area contributed by atoms with Crippen LogP contribution < -0.4 is 14.8 Å². The number of alkyl halides is 1. The first-order valence-electron chi connectivity index (χ1n) is 5.19. The third-order valence-corrected chi connectivity index (χ3v) is 2.89. The molecule has 1 unspecified atom stereocenters. The molecular formula is C12H18ClNO2. The van der Waals surface area contributed by atoms with Gasteiger partial charge in [0.25, 0.3) is 0 Å². The largest absolute Gasteiger partial charge is 0.493 e. The second-order valence-corrected chi connectivity index (χ2v) is 3.83. The van der Waals surface area contributed by atoms with E-state index in [2.05, 4.69) is 5.32 Å². The highest BCUT2D eigenvalue weighted by molar-refractivity contribution is 6.18. The molecule has 0 aromatic heterocycles. The number of hydrogen-bond acceptors (Lipinski definition) is 3. The van der Waals surface area contributed by atoms with Crippen molar-refractivity contribution in [2.45, 2.75) is 5.92 Å². The highest BCUT2D eigenvalue weighted by Gasteiger charge is 2.12. The van der Waals surface area contributed by atoms with E-state index in [-0.39, 0.29) is 5.92 Å². The van der Waals surface area contributed by atoms with Crippen LogP contribution in [0.1, 0.15) is 11.5 Å². The Morgan fingerprint density at radius 2 is 1.94 bits per heavy atom. The first-order valence-corrected chi connectivity index (χ1v) is 5.72. The van der Waals surface area contributed by atoms with Gasteiger partial charge in [0.15, 0.2) is 11.5 Å². The molecule has 16 heavy (non-hydrogen) atoms. The van der Waals surface area contributed by atoms with Crippen LogP contribution in [-0.4, -0.2) is 33.7 Å². The van der Waals surface area contributed by atoms with Crippen LogP contribution in [0.4, 0.5) is 0 Å². The van der Waals surface area contributed by atoms with Crippen molar-refractivity contribution in [2.24, 2.45) is 0 Å². The molecule has 0 radical (unpaired) electrons. The molecule has 0 heterocycles. The number of nitrogens with one attached hydrogen (secondary N) is 1. The van der Waals surface area contributed by atoms with Gasteiger partial charge >= 0.3 is 0 Å². The summed E-state index contributed by atoms with van der Waals surface area (Å²) in [7, 11) is 5.18. The minimum Gasteiger partial charge on any atom is -0.493 e. The van der Waals surface area contributed by atoms with E-state index in [1.807, 2.05) is 25.2 Å². The molecule has 1 N–H and O–H groups in total. The van der Waals surface area contributed by atoms with Gasteiger partial charge in [-0.15, -0.1) is 11.6 Å². The van der Waals surface area contributed by atoms with Crippen molar-refractivity contribution in [3.8, 4) is 11.5 Å². The molecule has 1 aromatic rings. The predicted octanol–water partition coefficient (Wildman–Crippen LogP) is 2.25. The van der Waals surface area contributed by atoms with Gasteiger partial charge in [0, 0.05) is 18.3 Å². The van der Waals surface area contributed by atoms with E-state index in [0.29, 0.717) is 5.88 Å². The van der Waals surface area contributed by atoms with Crippen LogP contribution in [0.2, 0.25) is 0 Å². The Morgan fingerprint density at radius 3 is 2.44 bits per heavy atom. The molecule has 1 aromatic carbocycles. The topological polar surface area (TPSA) is 30.5 Å². The van der Waals surface area contributed by atoms with Gasteiger partial charge in [-0.25, -0.2) is 0 Å². The van der Waals surface area contributed by atoms with Crippen LogP contribution >= 0.6 is 11.6 Å². The number of likely N-dealkylation sites (N-methyl/N-ethyl adjacent to an activating group) is 1. The number of benzene rings is 1. The van der Waals surface area contributed by atoms with Crippen molar-refractivity contribution < 1.29 is 9.47 Å². The molecule has 0 aliphatic rings. The van der Waals surface area contributed by atoms with Gasteiger partial charge in [0.1, 0.15) is 0 Å². The zero-order valence-corrected chi connectivity index (χ0v) is 10.7. The third kappa shape index (κ3) is 3.03. The van der Waals surface area contributed by atoms with Gasteiger partial charge in [-0.05, 0) is 24.7 Å². The van der Waals surface area contributed by atoms with Crippen molar-refractivity contribution in [3.63, 3.8) is 0 Å². The lowest BCUT2D eigenvalue weighted by atomic mass is 10.0. The third-order valence-electron chi connectivity index (χ3n) is 2.52. The molecule has 0 spiro atoms. The summed E-state index contributed by atoms with van der Waals surface area (Å²) < 4.78 is 10.5. The molecule has 0 amide bonds.